The van der Waals surface area contributed by atoms with E-state index in [1.807, 2.05) is 42.5 Å². The molecule has 4 amide bonds. The summed E-state index contributed by atoms with van der Waals surface area (Å²) in [5, 5.41) is 4.92. The molecule has 1 atom stereocenters. The second-order valence-electron chi connectivity index (χ2n) is 8.90. The highest BCUT2D eigenvalue weighted by Crippen LogP contribution is 2.31. The van der Waals surface area contributed by atoms with Gasteiger partial charge >= 0.3 is 6.03 Å². The molecule has 0 radical (unpaired) electrons. The predicted octanol–water partition coefficient (Wildman–Crippen LogP) is 3.79. The van der Waals surface area contributed by atoms with E-state index in [1.54, 1.807) is 25.2 Å². The normalized spacial score (nSPS) is 17.6. The summed E-state index contributed by atoms with van der Waals surface area (Å²) in [4.78, 5) is 65.6. The van der Waals surface area contributed by atoms with Gasteiger partial charge in [0.05, 0.1) is 23.6 Å². The second kappa shape index (κ2) is 8.79. The van der Waals surface area contributed by atoms with Gasteiger partial charge in [-0.25, -0.2) is 4.79 Å². The van der Waals surface area contributed by atoms with Crippen LogP contribution < -0.4 is 5.32 Å². The van der Waals surface area contributed by atoms with Crippen LogP contribution in [0.2, 0.25) is 0 Å². The Morgan fingerprint density at radius 3 is 2.51 bits per heavy atom. The first-order valence-corrected chi connectivity index (χ1v) is 11.4. The Bertz CT molecular complexity index is 1410. The molecular weight excluding hydrogens is 446 g/mol. The number of Topliss-reactive ketones (excluding diaryl/α,β-unsaturated/α-hetero) is 2. The summed E-state index contributed by atoms with van der Waals surface area (Å²) >= 11 is 0. The lowest BCUT2D eigenvalue weighted by Gasteiger charge is -2.27. The first-order valence-electron chi connectivity index (χ1n) is 11.4. The Morgan fingerprint density at radius 2 is 1.74 bits per heavy atom. The van der Waals surface area contributed by atoms with E-state index in [4.69, 9.17) is 0 Å². The van der Waals surface area contributed by atoms with Gasteiger partial charge in [0.25, 0.3) is 11.8 Å². The highest BCUT2D eigenvalue weighted by molar-refractivity contribution is 6.24. The average Bonchev–Trinajstić information content (AvgIpc) is 3.10. The van der Waals surface area contributed by atoms with Gasteiger partial charge in [0.15, 0.2) is 5.78 Å². The molecule has 5 rings (SSSR count). The number of benzene rings is 3. The van der Waals surface area contributed by atoms with Crippen molar-refractivity contribution in [3.8, 4) is 0 Å². The van der Waals surface area contributed by atoms with Crippen molar-refractivity contribution >= 4 is 45.9 Å². The molecular formula is C27H23N3O5. The Labute approximate surface area is 201 Å². The van der Waals surface area contributed by atoms with Gasteiger partial charge in [-0.1, -0.05) is 42.5 Å². The maximum absolute atomic E-state index is 13.3. The molecule has 1 aliphatic heterocycles. The van der Waals surface area contributed by atoms with Crippen molar-refractivity contribution in [1.29, 1.82) is 0 Å². The number of rotatable bonds is 4. The van der Waals surface area contributed by atoms with Gasteiger partial charge < -0.3 is 10.2 Å². The lowest BCUT2D eigenvalue weighted by atomic mass is 9.92. The number of ketones is 2. The van der Waals surface area contributed by atoms with Gasteiger partial charge in [-0.3, -0.25) is 24.1 Å². The Morgan fingerprint density at radius 1 is 0.971 bits per heavy atom. The number of hydrogen-bond donors (Lipinski definition) is 1. The molecule has 8 heteroatoms. The molecule has 8 nitrogen and oxygen atoms in total. The van der Waals surface area contributed by atoms with Crippen LogP contribution in [0, 0.1) is 0 Å². The number of nitrogens with one attached hydrogen (secondary N) is 1. The van der Waals surface area contributed by atoms with Crippen LogP contribution in [0.3, 0.4) is 0 Å². The second-order valence-corrected chi connectivity index (χ2v) is 8.90. The fourth-order valence-corrected chi connectivity index (χ4v) is 4.73. The minimum absolute atomic E-state index is 0.0898. The number of carbonyl (C=O) groups excluding carboxylic acids is 5. The first-order chi connectivity index (χ1) is 16.8. The lowest BCUT2D eigenvalue weighted by molar-refractivity contribution is -0.132. The number of hydrogen-bond acceptors (Lipinski definition) is 5. The van der Waals surface area contributed by atoms with Crippen molar-refractivity contribution in [1.82, 2.24) is 9.80 Å². The Balaban J connectivity index is 1.34. The highest BCUT2D eigenvalue weighted by atomic mass is 16.2. The van der Waals surface area contributed by atoms with Crippen LogP contribution >= 0.6 is 0 Å². The molecule has 2 aliphatic rings. The number of urea groups is 1. The molecule has 35 heavy (non-hydrogen) atoms. The van der Waals surface area contributed by atoms with E-state index >= 15 is 0 Å². The van der Waals surface area contributed by atoms with Crippen molar-refractivity contribution in [2.45, 2.75) is 31.8 Å². The molecule has 1 heterocycles. The zero-order valence-corrected chi connectivity index (χ0v) is 19.1. The van der Waals surface area contributed by atoms with E-state index in [1.165, 1.54) is 4.90 Å². The quantitative estimate of drug-likeness (QED) is 0.463. The summed E-state index contributed by atoms with van der Waals surface area (Å²) in [6.07, 6.45) is 0.0451. The molecule has 1 aliphatic carbocycles. The average molecular weight is 469 g/mol. The Kier molecular flexibility index (Phi) is 5.64. The lowest BCUT2D eigenvalue weighted by Crippen LogP contribution is -2.47. The largest absolute Gasteiger partial charge is 0.323 e. The highest BCUT2D eigenvalue weighted by Gasteiger charge is 2.45. The SMILES string of the molecule is CN(Cc1cccc2c1C(=O)N(C1CCC(=O)CC1=O)C2=O)C(=O)Nc1ccc2ccccc2c1. The molecule has 1 fully saturated rings. The van der Waals surface area contributed by atoms with Gasteiger partial charge in [0.1, 0.15) is 5.78 Å². The molecule has 0 aromatic heterocycles. The van der Waals surface area contributed by atoms with Gasteiger partial charge in [-0.15, -0.1) is 0 Å². The molecule has 1 saturated carbocycles. The summed E-state index contributed by atoms with van der Waals surface area (Å²) in [7, 11) is 1.60. The third-order valence-corrected chi connectivity index (χ3v) is 6.54. The van der Waals surface area contributed by atoms with Crippen molar-refractivity contribution in [2.24, 2.45) is 0 Å². The van der Waals surface area contributed by atoms with Crippen molar-refractivity contribution < 1.29 is 24.0 Å². The van der Waals surface area contributed by atoms with Gasteiger partial charge in [-0.2, -0.15) is 0 Å². The van der Waals surface area contributed by atoms with Crippen LogP contribution in [0.15, 0.2) is 60.7 Å². The molecule has 0 saturated heterocycles. The van der Waals surface area contributed by atoms with E-state index in [0.717, 1.165) is 15.7 Å². The molecule has 3 aromatic carbocycles. The minimum Gasteiger partial charge on any atom is -0.323 e. The third-order valence-electron chi connectivity index (χ3n) is 6.54. The number of anilines is 1. The smallest absolute Gasteiger partial charge is 0.321 e. The topological polar surface area (TPSA) is 104 Å². The van der Waals surface area contributed by atoms with Crippen LogP contribution in [0.25, 0.3) is 10.8 Å². The van der Waals surface area contributed by atoms with Crippen molar-refractivity contribution in [2.75, 3.05) is 12.4 Å². The van der Waals surface area contributed by atoms with Gasteiger partial charge in [0, 0.05) is 25.7 Å². The summed E-state index contributed by atoms with van der Waals surface area (Å²) in [6.45, 7) is 0.0898. The van der Waals surface area contributed by atoms with Crippen LogP contribution in [0.4, 0.5) is 10.5 Å². The third kappa shape index (κ3) is 4.07. The number of imide groups is 1. The van der Waals surface area contributed by atoms with E-state index in [9.17, 15) is 24.0 Å². The summed E-state index contributed by atoms with van der Waals surface area (Å²) < 4.78 is 0. The van der Waals surface area contributed by atoms with Gasteiger partial charge in [-0.05, 0) is 41.0 Å². The summed E-state index contributed by atoms with van der Waals surface area (Å²) in [5.74, 6) is -1.69. The van der Waals surface area contributed by atoms with Crippen LogP contribution in [0.1, 0.15) is 45.5 Å². The van der Waals surface area contributed by atoms with E-state index < -0.39 is 23.6 Å². The summed E-state index contributed by atoms with van der Waals surface area (Å²) in [6, 6.07) is 17.1. The van der Waals surface area contributed by atoms with Crippen LogP contribution in [0.5, 0.6) is 0 Å². The van der Waals surface area contributed by atoms with Crippen molar-refractivity contribution in [3.05, 3.63) is 77.4 Å². The monoisotopic (exact) mass is 469 g/mol. The van der Waals surface area contributed by atoms with E-state index in [-0.39, 0.29) is 48.7 Å². The van der Waals surface area contributed by atoms with Crippen LogP contribution in [-0.4, -0.2) is 52.3 Å². The predicted molar refractivity (Wildman–Crippen MR) is 129 cm³/mol. The van der Waals surface area contributed by atoms with E-state index in [0.29, 0.717) is 11.3 Å². The maximum Gasteiger partial charge on any atom is 0.321 e. The zero-order chi connectivity index (χ0) is 24.7. The first kappa shape index (κ1) is 22.5. The molecule has 0 bridgehead atoms. The van der Waals surface area contributed by atoms with E-state index in [2.05, 4.69) is 5.32 Å². The fourth-order valence-electron chi connectivity index (χ4n) is 4.73. The van der Waals surface area contributed by atoms with Gasteiger partial charge in [0.2, 0.25) is 0 Å². The number of fused-ring (bicyclic) bond motifs is 2. The standard InChI is InChI=1S/C27H23N3O5/c1-29(27(35)28-19-10-9-16-5-2-3-6-17(16)13-19)15-18-7-4-8-21-24(18)26(34)30(25(21)33)22-12-11-20(31)14-23(22)32/h2-10,13,22H,11-12,14-15H2,1H3,(H,28,35). The molecule has 1 unspecified atom stereocenters. The Hall–Kier alpha value is -4.33. The van der Waals surface area contributed by atoms with Crippen LogP contribution in [-0.2, 0) is 16.1 Å². The molecule has 3 aromatic rings. The molecule has 1 N–H and O–H groups in total. The maximum atomic E-state index is 13.3. The summed E-state index contributed by atoms with van der Waals surface area (Å²) in [5.41, 5.74) is 1.56. The molecule has 176 valence electrons. The minimum atomic E-state index is -0.929. The number of amides is 4. The fraction of sp³-hybridized carbons (Fsp3) is 0.222. The zero-order valence-electron chi connectivity index (χ0n) is 19.1. The van der Waals surface area contributed by atoms with Crippen molar-refractivity contribution in [3.63, 3.8) is 0 Å². The number of nitrogens with zero attached hydrogens (tertiary/aromatic N) is 2. The molecule has 0 spiro atoms. The number of carbonyl (C=O) groups is 5.